The van der Waals surface area contributed by atoms with Gasteiger partial charge in [0.1, 0.15) is 6.34 Å². The van der Waals surface area contributed by atoms with Crippen molar-refractivity contribution in [3.8, 4) is 0 Å². The normalized spacial score (nSPS) is 25.0. The van der Waals surface area contributed by atoms with E-state index < -0.39 is 11.3 Å². The van der Waals surface area contributed by atoms with Gasteiger partial charge in [0.05, 0.1) is 0 Å². The van der Waals surface area contributed by atoms with Crippen LogP contribution in [0.4, 0.5) is 0 Å². The summed E-state index contributed by atoms with van der Waals surface area (Å²) in [5, 5.41) is 7.92. The van der Waals surface area contributed by atoms with E-state index in [0.717, 1.165) is 11.9 Å². The molecule has 0 aliphatic carbocycles. The minimum absolute atomic E-state index is 0.523. The number of hydrogen-bond donors (Lipinski definition) is 1. The van der Waals surface area contributed by atoms with Crippen molar-refractivity contribution in [2.45, 2.75) is 5.37 Å². The maximum Gasteiger partial charge on any atom is 0.338 e. The van der Waals surface area contributed by atoms with Crippen LogP contribution in [0.15, 0.2) is 4.40 Å². The number of carboxylic acids is 1. The Hall–Kier alpha value is -0.710. The molecular weight excluding hydrogens is 140 g/mol. The topological polar surface area (TPSA) is 52.9 Å². The van der Waals surface area contributed by atoms with E-state index in [1.54, 1.807) is 11.9 Å². The van der Waals surface area contributed by atoms with Gasteiger partial charge in [-0.25, -0.2) is 9.19 Å². The molecule has 0 spiro atoms. The zero-order valence-electron chi connectivity index (χ0n) is 4.81. The fraction of sp³-hybridized carbons (Fsp3) is 0.500. The van der Waals surface area contributed by atoms with E-state index in [4.69, 9.17) is 5.11 Å². The molecule has 0 aromatic rings. The van der Waals surface area contributed by atoms with Crippen LogP contribution in [0, 0.1) is 0 Å². The number of hydrogen-bond acceptors (Lipinski definition) is 4. The van der Waals surface area contributed by atoms with Crippen molar-refractivity contribution < 1.29 is 9.90 Å². The molecule has 1 aliphatic rings. The highest BCUT2D eigenvalue weighted by Gasteiger charge is 2.24. The van der Waals surface area contributed by atoms with Crippen molar-refractivity contribution in [1.82, 2.24) is 4.90 Å². The summed E-state index contributed by atoms with van der Waals surface area (Å²) in [5.74, 6) is -0.847. The maximum absolute atomic E-state index is 10.3. The van der Waals surface area contributed by atoms with Gasteiger partial charge >= 0.3 is 5.97 Å². The standard InChI is InChI=1S/C4H6N2O2S/c1-6-2-5-9-3(6)4(7)8/h2-3H,1H3,(H,7,8). The van der Waals surface area contributed by atoms with Crippen molar-refractivity contribution in [3.05, 3.63) is 0 Å². The molecule has 1 aliphatic heterocycles. The third-order valence-corrected chi connectivity index (χ3v) is 1.92. The van der Waals surface area contributed by atoms with E-state index >= 15 is 0 Å². The Morgan fingerprint density at radius 2 is 2.67 bits per heavy atom. The summed E-state index contributed by atoms with van der Waals surface area (Å²) in [7, 11) is 1.68. The third kappa shape index (κ3) is 1.16. The molecule has 5 heteroatoms. The van der Waals surface area contributed by atoms with Gasteiger partial charge in [0, 0.05) is 19.0 Å². The molecule has 1 N–H and O–H groups in total. The van der Waals surface area contributed by atoms with Crippen molar-refractivity contribution >= 4 is 24.3 Å². The fourth-order valence-corrected chi connectivity index (χ4v) is 1.13. The Morgan fingerprint density at radius 3 is 2.89 bits per heavy atom. The van der Waals surface area contributed by atoms with Gasteiger partial charge in [0.15, 0.2) is 5.37 Å². The molecule has 50 valence electrons. The van der Waals surface area contributed by atoms with Crippen LogP contribution < -0.4 is 0 Å². The number of carboxylic acid groups (broad SMARTS) is 1. The van der Waals surface area contributed by atoms with E-state index in [1.165, 1.54) is 6.34 Å². The summed E-state index contributed by atoms with van der Waals surface area (Å²) in [6.45, 7) is 0. The molecule has 0 fully saturated rings. The average molecular weight is 146 g/mol. The molecule has 0 saturated heterocycles. The van der Waals surface area contributed by atoms with Crippen molar-refractivity contribution in [3.63, 3.8) is 0 Å². The van der Waals surface area contributed by atoms with Crippen LogP contribution in [-0.4, -0.2) is 34.7 Å². The molecule has 1 heterocycles. The van der Waals surface area contributed by atoms with Crippen LogP contribution in [-0.2, 0) is 4.79 Å². The van der Waals surface area contributed by atoms with E-state index in [9.17, 15) is 4.79 Å². The van der Waals surface area contributed by atoms with Crippen molar-refractivity contribution in [2.24, 2.45) is 4.40 Å². The van der Waals surface area contributed by atoms with Crippen LogP contribution in [0.1, 0.15) is 0 Å². The lowest BCUT2D eigenvalue weighted by Gasteiger charge is -2.11. The molecule has 1 unspecified atom stereocenters. The lowest BCUT2D eigenvalue weighted by molar-refractivity contribution is -0.138. The highest BCUT2D eigenvalue weighted by molar-refractivity contribution is 7.99. The molecule has 0 saturated carbocycles. The molecule has 0 bridgehead atoms. The Balaban J connectivity index is 2.55. The highest BCUT2D eigenvalue weighted by Crippen LogP contribution is 2.19. The largest absolute Gasteiger partial charge is 0.479 e. The molecule has 4 nitrogen and oxygen atoms in total. The van der Waals surface area contributed by atoms with E-state index in [-0.39, 0.29) is 0 Å². The van der Waals surface area contributed by atoms with Crippen molar-refractivity contribution in [1.29, 1.82) is 0 Å². The van der Waals surface area contributed by atoms with E-state index in [0.29, 0.717) is 0 Å². The first kappa shape index (κ1) is 6.41. The van der Waals surface area contributed by atoms with Crippen molar-refractivity contribution in [2.75, 3.05) is 7.05 Å². The maximum atomic E-state index is 10.3. The first-order valence-electron chi connectivity index (χ1n) is 2.36. The lowest BCUT2D eigenvalue weighted by atomic mass is 10.6. The second-order valence-electron chi connectivity index (χ2n) is 1.68. The molecule has 0 amide bonds. The molecule has 0 radical (unpaired) electrons. The van der Waals surface area contributed by atoms with Gasteiger partial charge < -0.3 is 10.0 Å². The summed E-state index contributed by atoms with van der Waals surface area (Å²) in [6.07, 6.45) is 1.50. The molecule has 1 rings (SSSR count). The zero-order chi connectivity index (χ0) is 6.85. The number of nitrogens with zero attached hydrogens (tertiary/aromatic N) is 2. The van der Waals surface area contributed by atoms with Gasteiger partial charge in [-0.15, -0.1) is 0 Å². The highest BCUT2D eigenvalue weighted by atomic mass is 32.2. The minimum Gasteiger partial charge on any atom is -0.479 e. The number of carbonyl (C=O) groups is 1. The first-order valence-corrected chi connectivity index (χ1v) is 3.19. The second-order valence-corrected chi connectivity index (χ2v) is 2.55. The van der Waals surface area contributed by atoms with Gasteiger partial charge in [-0.3, -0.25) is 0 Å². The minimum atomic E-state index is -0.847. The average Bonchev–Trinajstić information content (AvgIpc) is 2.13. The third-order valence-electron chi connectivity index (χ3n) is 0.971. The fourth-order valence-electron chi connectivity index (χ4n) is 0.513. The lowest BCUT2D eigenvalue weighted by Crippen LogP contribution is -2.30. The second kappa shape index (κ2) is 2.26. The van der Waals surface area contributed by atoms with Gasteiger partial charge in [0.2, 0.25) is 0 Å². The predicted octanol–water partition coefficient (Wildman–Crippen LogP) is 0.0190. The van der Waals surface area contributed by atoms with Crippen LogP contribution in [0.2, 0.25) is 0 Å². The van der Waals surface area contributed by atoms with Gasteiger partial charge in [-0.2, -0.15) is 0 Å². The molecule has 0 aromatic carbocycles. The molecule has 0 aromatic heterocycles. The van der Waals surface area contributed by atoms with Gasteiger partial charge in [-0.1, -0.05) is 0 Å². The van der Waals surface area contributed by atoms with Crippen LogP contribution >= 0.6 is 11.9 Å². The monoisotopic (exact) mass is 146 g/mol. The Kier molecular flexibility index (Phi) is 1.61. The van der Waals surface area contributed by atoms with Gasteiger partial charge in [-0.05, 0) is 0 Å². The van der Waals surface area contributed by atoms with Crippen LogP contribution in [0.5, 0.6) is 0 Å². The molecule has 1 atom stereocenters. The summed E-state index contributed by atoms with van der Waals surface area (Å²) >= 11 is 1.05. The number of aliphatic carboxylic acids is 1. The van der Waals surface area contributed by atoms with Crippen LogP contribution in [0.3, 0.4) is 0 Å². The quantitative estimate of drug-likeness (QED) is 0.530. The number of likely N-dealkylation sites (N-methyl/N-ethyl adjacent to an activating group) is 1. The Labute approximate surface area is 56.7 Å². The Morgan fingerprint density at radius 1 is 2.00 bits per heavy atom. The summed E-state index contributed by atoms with van der Waals surface area (Å²) in [5.41, 5.74) is 0. The summed E-state index contributed by atoms with van der Waals surface area (Å²) in [4.78, 5) is 11.8. The smallest absolute Gasteiger partial charge is 0.338 e. The Bertz CT molecular complexity index is 159. The van der Waals surface area contributed by atoms with E-state index in [1.807, 2.05) is 0 Å². The molecular formula is C4H6N2O2S. The molecule has 9 heavy (non-hydrogen) atoms. The van der Waals surface area contributed by atoms with E-state index in [2.05, 4.69) is 4.40 Å². The first-order chi connectivity index (χ1) is 4.22. The summed E-state index contributed by atoms with van der Waals surface area (Å²) in [6, 6.07) is 0. The van der Waals surface area contributed by atoms with Crippen LogP contribution in [0.25, 0.3) is 0 Å². The summed E-state index contributed by atoms with van der Waals surface area (Å²) < 4.78 is 3.70. The van der Waals surface area contributed by atoms with Gasteiger partial charge in [0.25, 0.3) is 0 Å². The predicted molar refractivity (Wildman–Crippen MR) is 35.3 cm³/mol. The number of rotatable bonds is 1. The SMILES string of the molecule is CN1C=NSC1C(=O)O. The zero-order valence-corrected chi connectivity index (χ0v) is 5.63.